The molecule has 0 bridgehead atoms. The van der Waals surface area contributed by atoms with E-state index in [2.05, 4.69) is 5.32 Å². The molecule has 0 fully saturated rings. The molecule has 0 heterocycles. The quantitative estimate of drug-likeness (QED) is 0.516. The van der Waals surface area contributed by atoms with Crippen LogP contribution in [0.4, 0.5) is 5.69 Å². The SMILES string of the molecule is O=C(O)/C(=C\c1cccc(Cl)c1)C(=O)Nc1ccccc1. The number of para-hydroxylation sites is 1. The molecule has 21 heavy (non-hydrogen) atoms. The van der Waals surface area contributed by atoms with E-state index in [1.54, 1.807) is 54.6 Å². The highest BCUT2D eigenvalue weighted by Gasteiger charge is 2.17. The Balaban J connectivity index is 2.27. The van der Waals surface area contributed by atoms with Gasteiger partial charge in [0.1, 0.15) is 5.57 Å². The Labute approximate surface area is 126 Å². The largest absolute Gasteiger partial charge is 0.477 e. The molecule has 4 nitrogen and oxygen atoms in total. The van der Waals surface area contributed by atoms with E-state index in [0.717, 1.165) is 0 Å². The highest BCUT2D eigenvalue weighted by atomic mass is 35.5. The molecule has 0 aromatic heterocycles. The van der Waals surface area contributed by atoms with Crippen molar-refractivity contribution in [3.8, 4) is 0 Å². The molecule has 2 N–H and O–H groups in total. The van der Waals surface area contributed by atoms with E-state index < -0.39 is 11.9 Å². The van der Waals surface area contributed by atoms with Crippen LogP contribution in [0, 0.1) is 0 Å². The van der Waals surface area contributed by atoms with Crippen molar-refractivity contribution in [2.45, 2.75) is 0 Å². The van der Waals surface area contributed by atoms with Crippen LogP contribution in [0.15, 0.2) is 60.2 Å². The van der Waals surface area contributed by atoms with Gasteiger partial charge in [0.15, 0.2) is 0 Å². The van der Waals surface area contributed by atoms with Crippen LogP contribution in [0.2, 0.25) is 5.02 Å². The minimum absolute atomic E-state index is 0.360. The highest BCUT2D eigenvalue weighted by molar-refractivity contribution is 6.30. The fourth-order valence-electron chi connectivity index (χ4n) is 1.71. The van der Waals surface area contributed by atoms with Crippen molar-refractivity contribution in [1.82, 2.24) is 0 Å². The lowest BCUT2D eigenvalue weighted by Crippen LogP contribution is -2.20. The molecular weight excluding hydrogens is 290 g/mol. The second-order valence-corrected chi connectivity index (χ2v) is 4.67. The number of nitrogens with one attached hydrogen (secondary N) is 1. The van der Waals surface area contributed by atoms with Gasteiger partial charge in [-0.05, 0) is 35.9 Å². The predicted octanol–water partition coefficient (Wildman–Crippen LogP) is 3.45. The van der Waals surface area contributed by atoms with Crippen LogP contribution in [0.3, 0.4) is 0 Å². The number of carboxylic acids is 1. The van der Waals surface area contributed by atoms with Gasteiger partial charge in [-0.15, -0.1) is 0 Å². The summed E-state index contributed by atoms with van der Waals surface area (Å²) in [6.07, 6.45) is 1.28. The van der Waals surface area contributed by atoms with Gasteiger partial charge in [0.25, 0.3) is 5.91 Å². The van der Waals surface area contributed by atoms with E-state index in [-0.39, 0.29) is 5.57 Å². The van der Waals surface area contributed by atoms with Gasteiger partial charge in [-0.3, -0.25) is 4.79 Å². The van der Waals surface area contributed by atoms with Gasteiger partial charge in [-0.2, -0.15) is 0 Å². The van der Waals surface area contributed by atoms with Crippen LogP contribution in [-0.4, -0.2) is 17.0 Å². The first kappa shape index (κ1) is 14.8. The Hall–Kier alpha value is -2.59. The van der Waals surface area contributed by atoms with Gasteiger partial charge in [0.2, 0.25) is 0 Å². The molecule has 0 saturated heterocycles. The van der Waals surface area contributed by atoms with E-state index in [4.69, 9.17) is 11.6 Å². The van der Waals surface area contributed by atoms with Crippen LogP contribution in [0.25, 0.3) is 6.08 Å². The number of hydrogen-bond donors (Lipinski definition) is 2. The van der Waals surface area contributed by atoms with Crippen molar-refractivity contribution in [3.63, 3.8) is 0 Å². The fraction of sp³-hybridized carbons (Fsp3) is 0. The van der Waals surface area contributed by atoms with Crippen molar-refractivity contribution >= 4 is 35.2 Å². The standard InChI is InChI=1S/C16H12ClNO3/c17-12-6-4-5-11(9-12)10-14(16(20)21)15(19)18-13-7-2-1-3-8-13/h1-10H,(H,18,19)(H,20,21)/b14-10-. The summed E-state index contributed by atoms with van der Waals surface area (Å²) >= 11 is 5.84. The number of carboxylic acid groups (broad SMARTS) is 1. The minimum Gasteiger partial charge on any atom is -0.477 e. The van der Waals surface area contributed by atoms with Crippen molar-refractivity contribution < 1.29 is 14.7 Å². The second-order valence-electron chi connectivity index (χ2n) is 4.24. The number of anilines is 1. The van der Waals surface area contributed by atoms with Crippen LogP contribution in [-0.2, 0) is 9.59 Å². The van der Waals surface area contributed by atoms with E-state index >= 15 is 0 Å². The van der Waals surface area contributed by atoms with Crippen molar-refractivity contribution in [2.75, 3.05) is 5.32 Å². The summed E-state index contributed by atoms with van der Waals surface area (Å²) in [5.74, 6) is -1.99. The maximum Gasteiger partial charge on any atom is 0.341 e. The first-order valence-corrected chi connectivity index (χ1v) is 6.51. The molecule has 0 radical (unpaired) electrons. The molecule has 0 atom stereocenters. The molecule has 0 aliphatic rings. The summed E-state index contributed by atoms with van der Waals surface area (Å²) in [5, 5.41) is 12.2. The molecule has 0 aliphatic carbocycles. The van der Waals surface area contributed by atoms with Gasteiger partial charge in [0, 0.05) is 10.7 Å². The smallest absolute Gasteiger partial charge is 0.341 e. The third kappa shape index (κ3) is 4.19. The number of hydrogen-bond acceptors (Lipinski definition) is 2. The van der Waals surface area contributed by atoms with E-state index in [0.29, 0.717) is 16.3 Å². The minimum atomic E-state index is -1.30. The number of benzene rings is 2. The van der Waals surface area contributed by atoms with Crippen LogP contribution in [0.1, 0.15) is 5.56 Å². The summed E-state index contributed by atoms with van der Waals surface area (Å²) in [4.78, 5) is 23.3. The monoisotopic (exact) mass is 301 g/mol. The third-order valence-corrected chi connectivity index (χ3v) is 2.90. The molecule has 1 amide bonds. The topological polar surface area (TPSA) is 66.4 Å². The van der Waals surface area contributed by atoms with Gasteiger partial charge in [0.05, 0.1) is 0 Å². The average Bonchev–Trinajstić information content (AvgIpc) is 2.45. The van der Waals surface area contributed by atoms with Gasteiger partial charge in [-0.1, -0.05) is 41.9 Å². The second kappa shape index (κ2) is 6.72. The van der Waals surface area contributed by atoms with Crippen LogP contribution in [0.5, 0.6) is 0 Å². The Kier molecular flexibility index (Phi) is 4.74. The zero-order valence-corrected chi connectivity index (χ0v) is 11.7. The van der Waals surface area contributed by atoms with Crippen LogP contribution < -0.4 is 5.32 Å². The molecule has 5 heteroatoms. The van der Waals surface area contributed by atoms with Gasteiger partial charge < -0.3 is 10.4 Å². The van der Waals surface area contributed by atoms with E-state index in [9.17, 15) is 14.7 Å². The maximum atomic E-state index is 12.1. The number of aliphatic carboxylic acids is 1. The molecule has 0 saturated carbocycles. The zero-order valence-electron chi connectivity index (χ0n) is 10.9. The van der Waals surface area contributed by atoms with Crippen LogP contribution >= 0.6 is 11.6 Å². The molecule has 0 unspecified atom stereocenters. The summed E-state index contributed by atoms with van der Waals surface area (Å²) in [7, 11) is 0. The first-order valence-electron chi connectivity index (χ1n) is 6.13. The van der Waals surface area contributed by atoms with Gasteiger partial charge in [-0.25, -0.2) is 4.79 Å². The number of rotatable bonds is 4. The Morgan fingerprint density at radius 2 is 1.76 bits per heavy atom. The predicted molar refractivity (Wildman–Crippen MR) is 82.1 cm³/mol. The lowest BCUT2D eigenvalue weighted by atomic mass is 10.1. The summed E-state index contributed by atoms with van der Waals surface area (Å²) in [6, 6.07) is 15.3. The molecule has 106 valence electrons. The molecule has 2 aromatic rings. The van der Waals surface area contributed by atoms with Gasteiger partial charge >= 0.3 is 5.97 Å². The molecule has 2 rings (SSSR count). The zero-order chi connectivity index (χ0) is 15.2. The Morgan fingerprint density at radius 1 is 1.05 bits per heavy atom. The number of halogens is 1. The first-order chi connectivity index (χ1) is 10.1. The van der Waals surface area contributed by atoms with E-state index in [1.807, 2.05) is 0 Å². The lowest BCUT2D eigenvalue weighted by molar-refractivity contribution is -0.134. The fourth-order valence-corrected chi connectivity index (χ4v) is 1.91. The summed E-state index contributed by atoms with van der Waals surface area (Å²) in [5.41, 5.74) is 0.713. The lowest BCUT2D eigenvalue weighted by Gasteiger charge is -2.06. The van der Waals surface area contributed by atoms with E-state index in [1.165, 1.54) is 6.08 Å². The van der Waals surface area contributed by atoms with Crippen molar-refractivity contribution in [3.05, 3.63) is 70.8 Å². The van der Waals surface area contributed by atoms with Crippen molar-refractivity contribution in [2.24, 2.45) is 0 Å². The highest BCUT2D eigenvalue weighted by Crippen LogP contribution is 2.15. The Bertz CT molecular complexity index is 696. The number of amides is 1. The molecule has 0 spiro atoms. The summed E-state index contributed by atoms with van der Waals surface area (Å²) < 4.78 is 0. The average molecular weight is 302 g/mol. The molecule has 0 aliphatic heterocycles. The number of carbonyl (C=O) groups is 2. The Morgan fingerprint density at radius 3 is 2.38 bits per heavy atom. The maximum absolute atomic E-state index is 12.1. The molecular formula is C16H12ClNO3. The normalized spacial score (nSPS) is 11.0. The third-order valence-electron chi connectivity index (χ3n) is 2.67. The number of carbonyl (C=O) groups excluding carboxylic acids is 1. The summed E-state index contributed by atoms with van der Waals surface area (Å²) in [6.45, 7) is 0. The molecule has 2 aromatic carbocycles. The van der Waals surface area contributed by atoms with Crippen molar-refractivity contribution in [1.29, 1.82) is 0 Å².